The number of nitrogens with two attached hydrogens (primary N) is 1. The van der Waals surface area contributed by atoms with Crippen molar-refractivity contribution in [1.82, 2.24) is 10.2 Å². The van der Waals surface area contributed by atoms with Crippen molar-refractivity contribution in [3.63, 3.8) is 0 Å². The normalized spacial score (nSPS) is 31.7. The highest BCUT2D eigenvalue weighted by atomic mass is 16.1. The van der Waals surface area contributed by atoms with Gasteiger partial charge in [-0.15, -0.1) is 0 Å². The summed E-state index contributed by atoms with van der Waals surface area (Å²) >= 11 is 0. The van der Waals surface area contributed by atoms with Gasteiger partial charge in [-0.25, -0.2) is 0 Å². The topological polar surface area (TPSA) is 58.4 Å². The van der Waals surface area contributed by atoms with E-state index in [-0.39, 0.29) is 17.9 Å². The van der Waals surface area contributed by atoms with Crippen LogP contribution in [0.4, 0.5) is 0 Å². The molecule has 20 heavy (non-hydrogen) atoms. The van der Waals surface area contributed by atoms with Crippen LogP contribution in [-0.4, -0.2) is 43.0 Å². The van der Waals surface area contributed by atoms with Crippen molar-refractivity contribution < 1.29 is 4.79 Å². The number of carbonyl (C=O) groups excluding carboxylic acids is 1. The summed E-state index contributed by atoms with van der Waals surface area (Å²) in [5.41, 5.74) is 6.08. The molecule has 2 aliphatic rings. The van der Waals surface area contributed by atoms with Crippen molar-refractivity contribution in [2.45, 2.75) is 64.0 Å². The third-order valence-electron chi connectivity index (χ3n) is 5.34. The number of hydrogen-bond acceptors (Lipinski definition) is 3. The minimum absolute atomic E-state index is 0.137. The van der Waals surface area contributed by atoms with Gasteiger partial charge in [0.2, 0.25) is 5.91 Å². The fourth-order valence-corrected chi connectivity index (χ4v) is 3.62. The van der Waals surface area contributed by atoms with Crippen LogP contribution in [0.1, 0.15) is 51.9 Å². The Morgan fingerprint density at radius 2 is 1.95 bits per heavy atom. The van der Waals surface area contributed by atoms with Gasteiger partial charge in [-0.1, -0.05) is 19.8 Å². The molecule has 0 saturated heterocycles. The Morgan fingerprint density at radius 3 is 2.60 bits per heavy atom. The number of likely N-dealkylation sites (N-methyl/N-ethyl adjacent to an activating group) is 1. The highest BCUT2D eigenvalue weighted by Crippen LogP contribution is 2.27. The van der Waals surface area contributed by atoms with E-state index in [1.54, 1.807) is 0 Å². The molecule has 2 aliphatic carbocycles. The van der Waals surface area contributed by atoms with E-state index in [9.17, 15) is 4.79 Å². The number of carbonyl (C=O) groups is 1. The zero-order valence-corrected chi connectivity index (χ0v) is 13.1. The van der Waals surface area contributed by atoms with Crippen molar-refractivity contribution in [2.75, 3.05) is 20.1 Å². The summed E-state index contributed by atoms with van der Waals surface area (Å²) in [6.07, 6.45) is 8.30. The quantitative estimate of drug-likeness (QED) is 0.807. The lowest BCUT2D eigenvalue weighted by atomic mass is 9.79. The molecule has 2 saturated carbocycles. The van der Waals surface area contributed by atoms with Gasteiger partial charge in [0, 0.05) is 31.1 Å². The summed E-state index contributed by atoms with van der Waals surface area (Å²) in [5, 5.41) is 3.11. The molecule has 2 rings (SSSR count). The van der Waals surface area contributed by atoms with E-state index < -0.39 is 0 Å². The lowest BCUT2D eigenvalue weighted by molar-refractivity contribution is -0.126. The van der Waals surface area contributed by atoms with E-state index in [2.05, 4.69) is 24.2 Å². The maximum absolute atomic E-state index is 12.2. The van der Waals surface area contributed by atoms with E-state index in [0.29, 0.717) is 5.92 Å². The van der Waals surface area contributed by atoms with Crippen molar-refractivity contribution in [3.05, 3.63) is 0 Å². The molecule has 0 spiro atoms. The molecule has 4 nitrogen and oxygen atoms in total. The maximum atomic E-state index is 12.2. The standard InChI is InChI=1S/C16H31N3O/c1-12-7-8-13(11-15(12)17)16(20)18-9-10-19(2)14-5-3-4-6-14/h12-15H,3-11,17H2,1-2H3,(H,18,20). The fourth-order valence-electron chi connectivity index (χ4n) is 3.62. The number of nitrogens with one attached hydrogen (secondary N) is 1. The summed E-state index contributed by atoms with van der Waals surface area (Å²) in [6.45, 7) is 3.92. The molecule has 3 atom stereocenters. The van der Waals surface area contributed by atoms with Gasteiger partial charge in [0.25, 0.3) is 0 Å². The minimum atomic E-state index is 0.137. The lowest BCUT2D eigenvalue weighted by Gasteiger charge is -2.31. The molecule has 1 amide bonds. The van der Waals surface area contributed by atoms with Crippen LogP contribution in [0.25, 0.3) is 0 Å². The number of rotatable bonds is 5. The van der Waals surface area contributed by atoms with Crippen LogP contribution in [0.2, 0.25) is 0 Å². The molecular weight excluding hydrogens is 250 g/mol. The molecule has 0 aromatic carbocycles. The molecule has 4 heteroatoms. The molecule has 0 radical (unpaired) electrons. The van der Waals surface area contributed by atoms with Gasteiger partial charge in [0.15, 0.2) is 0 Å². The molecule has 0 aromatic heterocycles. The summed E-state index contributed by atoms with van der Waals surface area (Å²) in [6, 6.07) is 0.927. The van der Waals surface area contributed by atoms with Crippen LogP contribution < -0.4 is 11.1 Å². The maximum Gasteiger partial charge on any atom is 0.223 e. The molecule has 3 N–H and O–H groups in total. The summed E-state index contributed by atoms with van der Waals surface area (Å²) in [4.78, 5) is 14.6. The van der Waals surface area contributed by atoms with Crippen LogP contribution in [0.3, 0.4) is 0 Å². The Labute approximate surface area is 123 Å². The van der Waals surface area contributed by atoms with Crippen molar-refractivity contribution >= 4 is 5.91 Å². The predicted octanol–water partition coefficient (Wildman–Crippen LogP) is 1.74. The lowest BCUT2D eigenvalue weighted by Crippen LogP contribution is -2.43. The third-order valence-corrected chi connectivity index (χ3v) is 5.34. The molecule has 2 fully saturated rings. The monoisotopic (exact) mass is 281 g/mol. The van der Waals surface area contributed by atoms with Gasteiger partial charge in [-0.2, -0.15) is 0 Å². The Morgan fingerprint density at radius 1 is 1.25 bits per heavy atom. The molecule has 116 valence electrons. The number of nitrogens with zero attached hydrogens (tertiary/aromatic N) is 1. The van der Waals surface area contributed by atoms with Crippen LogP contribution in [0, 0.1) is 11.8 Å². The van der Waals surface area contributed by atoms with Crippen molar-refractivity contribution in [1.29, 1.82) is 0 Å². The first kappa shape index (κ1) is 15.8. The van der Waals surface area contributed by atoms with E-state index in [4.69, 9.17) is 5.73 Å². The Bertz CT molecular complexity index is 315. The van der Waals surface area contributed by atoms with Gasteiger partial charge in [0.1, 0.15) is 0 Å². The van der Waals surface area contributed by atoms with Crippen LogP contribution in [-0.2, 0) is 4.79 Å². The zero-order valence-electron chi connectivity index (χ0n) is 13.1. The van der Waals surface area contributed by atoms with Crippen molar-refractivity contribution in [3.8, 4) is 0 Å². The number of amides is 1. The van der Waals surface area contributed by atoms with Gasteiger partial charge in [-0.3, -0.25) is 4.79 Å². The van der Waals surface area contributed by atoms with Gasteiger partial charge >= 0.3 is 0 Å². The Balaban J connectivity index is 1.64. The average Bonchev–Trinajstić information content (AvgIpc) is 2.95. The van der Waals surface area contributed by atoms with Gasteiger partial charge < -0.3 is 16.0 Å². The smallest absolute Gasteiger partial charge is 0.223 e. The Kier molecular flexibility index (Phi) is 5.85. The SMILES string of the molecule is CC1CCC(C(=O)NCCN(C)C2CCCC2)CC1N. The van der Waals surface area contributed by atoms with E-state index in [1.807, 2.05) is 0 Å². The highest BCUT2D eigenvalue weighted by molar-refractivity contribution is 5.78. The van der Waals surface area contributed by atoms with E-state index in [1.165, 1.54) is 25.7 Å². The Hall–Kier alpha value is -0.610. The zero-order chi connectivity index (χ0) is 14.5. The third kappa shape index (κ3) is 4.19. The molecule has 0 aromatic rings. The van der Waals surface area contributed by atoms with Gasteiger partial charge in [-0.05, 0) is 45.1 Å². The van der Waals surface area contributed by atoms with Crippen LogP contribution in [0.5, 0.6) is 0 Å². The summed E-state index contributed by atoms with van der Waals surface area (Å²) < 4.78 is 0. The number of hydrogen-bond donors (Lipinski definition) is 2. The largest absolute Gasteiger partial charge is 0.355 e. The minimum Gasteiger partial charge on any atom is -0.355 e. The summed E-state index contributed by atoms with van der Waals surface area (Å²) in [5.74, 6) is 0.915. The second-order valence-electron chi connectivity index (χ2n) is 6.86. The van der Waals surface area contributed by atoms with Gasteiger partial charge in [0.05, 0.1) is 0 Å². The summed E-state index contributed by atoms with van der Waals surface area (Å²) in [7, 11) is 2.18. The molecule has 0 aliphatic heterocycles. The molecular formula is C16H31N3O. The predicted molar refractivity (Wildman–Crippen MR) is 82.4 cm³/mol. The van der Waals surface area contributed by atoms with Crippen LogP contribution in [0.15, 0.2) is 0 Å². The molecule has 3 unspecified atom stereocenters. The van der Waals surface area contributed by atoms with Crippen molar-refractivity contribution in [2.24, 2.45) is 17.6 Å². The first-order valence-electron chi connectivity index (χ1n) is 8.31. The van der Waals surface area contributed by atoms with E-state index >= 15 is 0 Å². The highest BCUT2D eigenvalue weighted by Gasteiger charge is 2.29. The second kappa shape index (κ2) is 7.41. The fraction of sp³-hybridized carbons (Fsp3) is 0.938. The molecule has 0 heterocycles. The average molecular weight is 281 g/mol. The first-order valence-corrected chi connectivity index (χ1v) is 8.31. The first-order chi connectivity index (χ1) is 9.58. The second-order valence-corrected chi connectivity index (χ2v) is 6.86. The molecule has 0 bridgehead atoms. The van der Waals surface area contributed by atoms with Crippen LogP contribution >= 0.6 is 0 Å². The van der Waals surface area contributed by atoms with E-state index in [0.717, 1.165) is 38.4 Å².